The van der Waals surface area contributed by atoms with E-state index < -0.39 is 0 Å². The van der Waals surface area contributed by atoms with Crippen molar-refractivity contribution < 1.29 is 14.2 Å². The lowest BCUT2D eigenvalue weighted by atomic mass is 10.3. The van der Waals surface area contributed by atoms with Gasteiger partial charge in [-0.05, 0) is 29.3 Å². The number of ether oxygens (including phenoxy) is 3. The van der Waals surface area contributed by atoms with E-state index in [1.165, 1.54) is 0 Å². The molecule has 0 aromatic carbocycles. The molecule has 0 aliphatic heterocycles. The highest BCUT2D eigenvalue weighted by atomic mass is 79.9. The SMILES string of the molecule is CCO[C@H](CC)COc1ncc(Br)cc1OC. The summed E-state index contributed by atoms with van der Waals surface area (Å²) < 4.78 is 17.2. The van der Waals surface area contributed by atoms with Gasteiger partial charge >= 0.3 is 0 Å². The predicted octanol–water partition coefficient (Wildman–Crippen LogP) is 3.05. The molecule has 0 aliphatic rings. The summed E-state index contributed by atoms with van der Waals surface area (Å²) in [6, 6.07) is 1.82. The van der Waals surface area contributed by atoms with Gasteiger partial charge < -0.3 is 14.2 Å². The van der Waals surface area contributed by atoms with Crippen LogP contribution in [0.15, 0.2) is 16.7 Å². The zero-order valence-corrected chi connectivity index (χ0v) is 12.0. The van der Waals surface area contributed by atoms with Crippen molar-refractivity contribution in [3.05, 3.63) is 16.7 Å². The molecule has 0 radical (unpaired) electrons. The molecule has 0 N–H and O–H groups in total. The van der Waals surface area contributed by atoms with Crippen molar-refractivity contribution in [3.8, 4) is 11.6 Å². The molecule has 0 bridgehead atoms. The summed E-state index contributed by atoms with van der Waals surface area (Å²) in [6.45, 7) is 5.21. The van der Waals surface area contributed by atoms with E-state index in [0.717, 1.165) is 10.9 Å². The first-order valence-electron chi connectivity index (χ1n) is 5.65. The van der Waals surface area contributed by atoms with Crippen LogP contribution in [0.3, 0.4) is 0 Å². The maximum Gasteiger partial charge on any atom is 0.257 e. The molecule has 0 amide bonds. The average molecular weight is 304 g/mol. The molecule has 96 valence electrons. The second-order valence-electron chi connectivity index (χ2n) is 3.46. The Hall–Kier alpha value is -0.810. The standard InChI is InChI=1S/C12H18BrNO3/c1-4-10(16-5-2)8-17-12-11(15-3)6-9(13)7-14-12/h6-7,10H,4-5,8H2,1-3H3/t10-/m1/s1. The molecule has 4 nitrogen and oxygen atoms in total. The Kier molecular flexibility index (Phi) is 6.29. The van der Waals surface area contributed by atoms with Gasteiger partial charge in [0.05, 0.1) is 13.2 Å². The van der Waals surface area contributed by atoms with Crippen molar-refractivity contribution >= 4 is 15.9 Å². The van der Waals surface area contributed by atoms with Gasteiger partial charge in [-0.2, -0.15) is 0 Å². The first kappa shape index (κ1) is 14.3. The Bertz CT molecular complexity index is 347. The molecular formula is C12H18BrNO3. The number of pyridine rings is 1. The summed E-state index contributed by atoms with van der Waals surface area (Å²) in [5.41, 5.74) is 0. The van der Waals surface area contributed by atoms with Crippen molar-refractivity contribution in [2.75, 3.05) is 20.3 Å². The molecule has 1 heterocycles. The zero-order valence-electron chi connectivity index (χ0n) is 10.4. The van der Waals surface area contributed by atoms with Crippen LogP contribution in [0.5, 0.6) is 11.6 Å². The summed E-state index contributed by atoms with van der Waals surface area (Å²) in [7, 11) is 1.59. The predicted molar refractivity (Wildman–Crippen MR) is 69.7 cm³/mol. The van der Waals surface area contributed by atoms with Crippen LogP contribution in [-0.2, 0) is 4.74 Å². The summed E-state index contributed by atoms with van der Waals surface area (Å²) >= 11 is 3.33. The normalized spacial score (nSPS) is 12.2. The molecule has 5 heteroatoms. The molecule has 0 unspecified atom stereocenters. The molecule has 1 aromatic rings. The molecule has 0 saturated heterocycles. The molecule has 0 aliphatic carbocycles. The number of halogens is 1. The van der Waals surface area contributed by atoms with Crippen LogP contribution in [0.1, 0.15) is 20.3 Å². The Morgan fingerprint density at radius 1 is 1.41 bits per heavy atom. The largest absolute Gasteiger partial charge is 0.491 e. The second kappa shape index (κ2) is 7.50. The second-order valence-corrected chi connectivity index (χ2v) is 4.37. The van der Waals surface area contributed by atoms with Gasteiger partial charge in [0.25, 0.3) is 5.88 Å². The minimum Gasteiger partial charge on any atom is -0.491 e. The number of hydrogen-bond donors (Lipinski definition) is 0. The van der Waals surface area contributed by atoms with E-state index in [1.54, 1.807) is 13.3 Å². The number of rotatable bonds is 7. The lowest BCUT2D eigenvalue weighted by molar-refractivity contribution is 0.0237. The lowest BCUT2D eigenvalue weighted by Crippen LogP contribution is -2.21. The van der Waals surface area contributed by atoms with E-state index in [2.05, 4.69) is 27.8 Å². The van der Waals surface area contributed by atoms with Gasteiger partial charge in [0.1, 0.15) is 6.61 Å². The van der Waals surface area contributed by atoms with Crippen LogP contribution in [-0.4, -0.2) is 31.4 Å². The summed E-state index contributed by atoms with van der Waals surface area (Å²) in [6.07, 6.45) is 2.68. The number of nitrogens with zero attached hydrogens (tertiary/aromatic N) is 1. The minimum absolute atomic E-state index is 0.0927. The zero-order chi connectivity index (χ0) is 12.7. The lowest BCUT2D eigenvalue weighted by Gasteiger charge is -2.16. The molecule has 1 rings (SSSR count). The molecule has 17 heavy (non-hydrogen) atoms. The van der Waals surface area contributed by atoms with Gasteiger partial charge in [-0.3, -0.25) is 0 Å². The highest BCUT2D eigenvalue weighted by Crippen LogP contribution is 2.27. The fraction of sp³-hybridized carbons (Fsp3) is 0.583. The molecular weight excluding hydrogens is 286 g/mol. The van der Waals surface area contributed by atoms with E-state index in [4.69, 9.17) is 14.2 Å². The van der Waals surface area contributed by atoms with Crippen LogP contribution >= 0.6 is 15.9 Å². The monoisotopic (exact) mass is 303 g/mol. The van der Waals surface area contributed by atoms with Crippen LogP contribution in [0, 0.1) is 0 Å². The van der Waals surface area contributed by atoms with Gasteiger partial charge in [0, 0.05) is 23.3 Å². The van der Waals surface area contributed by atoms with Crippen molar-refractivity contribution in [2.24, 2.45) is 0 Å². The van der Waals surface area contributed by atoms with E-state index in [0.29, 0.717) is 24.8 Å². The van der Waals surface area contributed by atoms with E-state index in [9.17, 15) is 0 Å². The molecule has 1 atom stereocenters. The Morgan fingerprint density at radius 2 is 2.18 bits per heavy atom. The third-order valence-corrected chi connectivity index (χ3v) is 2.70. The summed E-state index contributed by atoms with van der Waals surface area (Å²) in [5, 5.41) is 0. The highest BCUT2D eigenvalue weighted by molar-refractivity contribution is 9.10. The van der Waals surface area contributed by atoms with E-state index >= 15 is 0 Å². The topological polar surface area (TPSA) is 40.6 Å². The summed E-state index contributed by atoms with van der Waals surface area (Å²) in [5.74, 6) is 1.11. The van der Waals surface area contributed by atoms with Crippen LogP contribution in [0.25, 0.3) is 0 Å². The van der Waals surface area contributed by atoms with E-state index in [-0.39, 0.29) is 6.10 Å². The van der Waals surface area contributed by atoms with Crippen LogP contribution < -0.4 is 9.47 Å². The van der Waals surface area contributed by atoms with Gasteiger partial charge in [-0.25, -0.2) is 4.98 Å². The third kappa shape index (κ3) is 4.52. The quantitative estimate of drug-likeness (QED) is 0.776. The van der Waals surface area contributed by atoms with E-state index in [1.807, 2.05) is 13.0 Å². The molecule has 0 fully saturated rings. The minimum atomic E-state index is 0.0927. The van der Waals surface area contributed by atoms with Gasteiger partial charge in [-0.1, -0.05) is 6.92 Å². The number of methoxy groups -OCH3 is 1. The van der Waals surface area contributed by atoms with Gasteiger partial charge in [-0.15, -0.1) is 0 Å². The molecule has 0 saturated carbocycles. The van der Waals surface area contributed by atoms with Crippen molar-refractivity contribution in [3.63, 3.8) is 0 Å². The smallest absolute Gasteiger partial charge is 0.257 e. The van der Waals surface area contributed by atoms with Gasteiger partial charge in [0.15, 0.2) is 5.75 Å². The first-order chi connectivity index (χ1) is 8.21. The molecule has 1 aromatic heterocycles. The maximum absolute atomic E-state index is 5.61. The average Bonchev–Trinajstić information content (AvgIpc) is 2.35. The fourth-order valence-corrected chi connectivity index (χ4v) is 1.66. The van der Waals surface area contributed by atoms with Crippen LogP contribution in [0.4, 0.5) is 0 Å². The maximum atomic E-state index is 5.61. The first-order valence-corrected chi connectivity index (χ1v) is 6.44. The Morgan fingerprint density at radius 3 is 2.76 bits per heavy atom. The summed E-state index contributed by atoms with van der Waals surface area (Å²) in [4.78, 5) is 4.17. The number of hydrogen-bond acceptors (Lipinski definition) is 4. The molecule has 0 spiro atoms. The number of aromatic nitrogens is 1. The van der Waals surface area contributed by atoms with Gasteiger partial charge in [0.2, 0.25) is 0 Å². The van der Waals surface area contributed by atoms with Crippen molar-refractivity contribution in [2.45, 2.75) is 26.4 Å². The Labute approximate surface area is 110 Å². The Balaban J connectivity index is 2.61. The van der Waals surface area contributed by atoms with Crippen LogP contribution in [0.2, 0.25) is 0 Å². The third-order valence-electron chi connectivity index (χ3n) is 2.27. The van der Waals surface area contributed by atoms with Crippen molar-refractivity contribution in [1.29, 1.82) is 0 Å². The fourth-order valence-electron chi connectivity index (χ4n) is 1.35. The highest BCUT2D eigenvalue weighted by Gasteiger charge is 2.11. The van der Waals surface area contributed by atoms with Crippen molar-refractivity contribution in [1.82, 2.24) is 4.98 Å².